The van der Waals surface area contributed by atoms with Gasteiger partial charge in [0, 0.05) is 0 Å². The van der Waals surface area contributed by atoms with Gasteiger partial charge in [-0.2, -0.15) is 6.42 Å². The minimum absolute atomic E-state index is 0.896. The summed E-state index contributed by atoms with van der Waals surface area (Å²) in [6.07, 6.45) is 4.75. The van der Waals surface area contributed by atoms with E-state index in [1.807, 2.05) is 18.2 Å². The molecule has 0 bridgehead atoms. The molecule has 72 valence electrons. The molecule has 0 amide bonds. The second-order valence-corrected chi connectivity index (χ2v) is 2.60. The number of hydrogen-bond donors (Lipinski definition) is 0. The van der Waals surface area contributed by atoms with Crippen molar-refractivity contribution in [3.63, 3.8) is 0 Å². The van der Waals surface area contributed by atoms with Crippen LogP contribution in [0.25, 0.3) is 0 Å². The summed E-state index contributed by atoms with van der Waals surface area (Å²) in [5.41, 5.74) is 1.27. The van der Waals surface area contributed by atoms with Crippen LogP contribution in [-0.4, -0.2) is 7.11 Å². The topological polar surface area (TPSA) is 9.23 Å². The Bertz CT molecular complexity index is 263. The molecule has 1 aromatic rings. The number of allylic oxidation sites excluding steroid dienone is 1. The number of aryl methyl sites for hydroxylation is 1. The quantitative estimate of drug-likeness (QED) is 0.457. The summed E-state index contributed by atoms with van der Waals surface area (Å²) in [6.45, 7) is 3.56. The monoisotopic (exact) mass is 352 g/mol. The summed E-state index contributed by atoms with van der Waals surface area (Å²) in [5.74, 6) is 0.913. The van der Waals surface area contributed by atoms with Gasteiger partial charge in [0.25, 0.3) is 0 Å². The first kappa shape index (κ1) is 14.1. The van der Waals surface area contributed by atoms with Crippen LogP contribution in [0.2, 0.25) is 0 Å². The normalized spacial score (nSPS) is 8.57. The number of halogens is 1. The van der Waals surface area contributed by atoms with Crippen LogP contribution < -0.4 is 4.74 Å². The molecule has 1 rings (SSSR count). The molecule has 0 aromatic heterocycles. The predicted molar refractivity (Wildman–Crippen MR) is 64.2 cm³/mol. The van der Waals surface area contributed by atoms with Gasteiger partial charge in [0.15, 0.2) is 0 Å². The number of hydrogen-bond acceptors (Lipinski definition) is 1. The van der Waals surface area contributed by atoms with Gasteiger partial charge in [0.2, 0.25) is 0 Å². The molecule has 14 heavy (non-hydrogen) atoms. The maximum absolute atomic E-state index is 5.10. The first-order chi connectivity index (χ1) is 6.86. The molecular weight excluding hydrogens is 340 g/mol. The van der Waals surface area contributed by atoms with Crippen molar-refractivity contribution in [2.24, 2.45) is 0 Å². The van der Waals surface area contributed by atoms with Gasteiger partial charge in [-0.25, -0.2) is 0 Å². The van der Waals surface area contributed by atoms with Crippen LogP contribution in [0.4, 0.5) is 0 Å². The Labute approximate surface area is 107 Å². The summed E-state index contributed by atoms with van der Waals surface area (Å²) in [5, 5.41) is 0. The van der Waals surface area contributed by atoms with Crippen LogP contribution >= 0.6 is 19.8 Å². The van der Waals surface area contributed by atoms with E-state index in [4.69, 9.17) is 4.74 Å². The van der Waals surface area contributed by atoms with Gasteiger partial charge in [-0.15, -0.1) is 0 Å². The second-order valence-electron chi connectivity index (χ2n) is 2.60. The second kappa shape index (κ2) is 9.66. The predicted octanol–water partition coefficient (Wildman–Crippen LogP) is 3.50. The standard InChI is InChI=1S/C11H13O.HI.Zn/c1-3-4-6-10-7-5-8-11(9-10)12-2;;/h5,7-9H,1,4,6H2,2H3;1H;/q-1;;+2/p-1. The molecule has 0 saturated heterocycles. The molecule has 1 nitrogen and oxygen atoms in total. The number of rotatable bonds is 4. The van der Waals surface area contributed by atoms with Crippen molar-refractivity contribution in [1.82, 2.24) is 0 Å². The molecule has 0 heterocycles. The summed E-state index contributed by atoms with van der Waals surface area (Å²) in [4.78, 5) is 0. The van der Waals surface area contributed by atoms with E-state index in [0.29, 0.717) is 0 Å². The van der Waals surface area contributed by atoms with Gasteiger partial charge in [-0.3, -0.25) is 6.58 Å². The molecule has 0 aliphatic rings. The Morgan fingerprint density at radius 2 is 2.21 bits per heavy atom. The molecule has 0 unspecified atom stereocenters. The molecule has 0 saturated carbocycles. The van der Waals surface area contributed by atoms with Crippen molar-refractivity contribution >= 4 is 19.8 Å². The fourth-order valence-electron chi connectivity index (χ4n) is 1.06. The van der Waals surface area contributed by atoms with Crippen molar-refractivity contribution in [2.45, 2.75) is 12.8 Å². The van der Waals surface area contributed by atoms with Gasteiger partial charge >= 0.3 is 34.5 Å². The molecular formula is C11H13IOZn. The van der Waals surface area contributed by atoms with Gasteiger partial charge in [-0.05, 0) is 17.7 Å². The summed E-state index contributed by atoms with van der Waals surface area (Å²) >= 11 is 3.62. The van der Waals surface area contributed by atoms with Crippen LogP contribution in [0.15, 0.2) is 30.8 Å². The Kier molecular flexibility index (Phi) is 9.74. The zero-order chi connectivity index (χ0) is 10.8. The van der Waals surface area contributed by atoms with E-state index in [1.165, 1.54) is 20.4 Å². The van der Waals surface area contributed by atoms with E-state index in [0.717, 1.165) is 18.6 Å². The van der Waals surface area contributed by atoms with Gasteiger partial charge in [0.05, 0.1) is 7.11 Å². The van der Waals surface area contributed by atoms with E-state index < -0.39 is 0 Å². The van der Waals surface area contributed by atoms with Crippen molar-refractivity contribution in [3.8, 4) is 5.75 Å². The average molecular weight is 354 g/mol. The third kappa shape index (κ3) is 5.76. The third-order valence-electron chi connectivity index (χ3n) is 1.72. The Morgan fingerprint density at radius 1 is 1.50 bits per heavy atom. The number of ether oxygens (including phenoxy) is 1. The van der Waals surface area contributed by atoms with Gasteiger partial charge < -0.3 is 10.8 Å². The molecule has 0 aliphatic carbocycles. The van der Waals surface area contributed by atoms with Crippen molar-refractivity contribution in [2.75, 3.05) is 7.11 Å². The van der Waals surface area contributed by atoms with Crippen LogP contribution in [0, 0.1) is 6.08 Å². The van der Waals surface area contributed by atoms with E-state index >= 15 is 0 Å². The summed E-state index contributed by atoms with van der Waals surface area (Å²) in [6, 6.07) is 8.07. The number of benzene rings is 1. The van der Waals surface area contributed by atoms with Crippen LogP contribution in [0.5, 0.6) is 5.75 Å². The summed E-state index contributed by atoms with van der Waals surface area (Å²) in [7, 11) is 1.68. The molecule has 1 aromatic carbocycles. The van der Waals surface area contributed by atoms with Crippen LogP contribution in [0.3, 0.4) is 0 Å². The van der Waals surface area contributed by atoms with Crippen molar-refractivity contribution in [3.05, 3.63) is 42.5 Å². The average Bonchev–Trinajstić information content (AvgIpc) is 2.29. The number of methoxy groups -OCH3 is 1. The third-order valence-corrected chi connectivity index (χ3v) is 1.72. The molecule has 0 radical (unpaired) electrons. The Hall–Kier alpha value is 0.113. The van der Waals surface area contributed by atoms with E-state index in [2.05, 4.69) is 38.5 Å². The summed E-state index contributed by atoms with van der Waals surface area (Å²) < 4.78 is 5.10. The van der Waals surface area contributed by atoms with Gasteiger partial charge in [0.1, 0.15) is 5.75 Å². The maximum atomic E-state index is 5.10. The fraction of sp³-hybridized carbons (Fsp3) is 0.273. The van der Waals surface area contributed by atoms with E-state index in [-0.39, 0.29) is 0 Å². The van der Waals surface area contributed by atoms with Crippen LogP contribution in [-0.2, 0) is 21.2 Å². The van der Waals surface area contributed by atoms with Crippen LogP contribution in [0.1, 0.15) is 12.0 Å². The SMILES string of the molecule is C=[C-]CCc1cccc(OC)c1.[Zn+][I]. The molecule has 0 fully saturated rings. The zero-order valence-electron chi connectivity index (χ0n) is 8.42. The molecule has 3 heteroatoms. The first-order valence-corrected chi connectivity index (χ1v) is 13.3. The van der Waals surface area contributed by atoms with E-state index in [9.17, 15) is 0 Å². The molecule has 0 N–H and O–H groups in total. The first-order valence-electron chi connectivity index (χ1n) is 4.26. The van der Waals surface area contributed by atoms with Crippen molar-refractivity contribution < 1.29 is 19.5 Å². The zero-order valence-corrected chi connectivity index (χ0v) is 13.5. The Morgan fingerprint density at radius 3 is 2.79 bits per heavy atom. The molecule has 0 spiro atoms. The van der Waals surface area contributed by atoms with Crippen molar-refractivity contribution in [1.29, 1.82) is 0 Å². The van der Waals surface area contributed by atoms with Gasteiger partial charge in [-0.1, -0.05) is 18.6 Å². The van der Waals surface area contributed by atoms with E-state index in [1.54, 1.807) is 7.11 Å². The Balaban J connectivity index is 0.000000791. The fourth-order valence-corrected chi connectivity index (χ4v) is 1.06. The molecule has 0 aliphatic heterocycles. The minimum atomic E-state index is 0.896. The molecule has 0 atom stereocenters.